The summed E-state index contributed by atoms with van der Waals surface area (Å²) in [6, 6.07) is 0. The van der Waals surface area contributed by atoms with E-state index in [0.717, 1.165) is 0 Å². The Bertz CT molecular complexity index is 402. The van der Waals surface area contributed by atoms with E-state index in [9.17, 15) is 9.90 Å². The predicted octanol–water partition coefficient (Wildman–Crippen LogP) is 1.05. The van der Waals surface area contributed by atoms with Crippen LogP contribution in [0.3, 0.4) is 0 Å². The number of amides is 1. The van der Waals surface area contributed by atoms with E-state index < -0.39 is 5.60 Å². The zero-order valence-corrected chi connectivity index (χ0v) is 11.0. The fourth-order valence-electron chi connectivity index (χ4n) is 0.995. The van der Waals surface area contributed by atoms with Crippen molar-refractivity contribution in [1.82, 2.24) is 15.3 Å². The van der Waals surface area contributed by atoms with E-state index in [1.54, 1.807) is 20.8 Å². The average Bonchev–Trinajstić information content (AvgIpc) is 2.17. The Morgan fingerprint density at radius 3 is 2.81 bits per heavy atom. The summed E-state index contributed by atoms with van der Waals surface area (Å²) >= 11 is 3.20. The molecule has 1 heterocycles. The molecule has 1 rings (SSSR count). The van der Waals surface area contributed by atoms with E-state index in [-0.39, 0.29) is 18.1 Å². The van der Waals surface area contributed by atoms with Crippen LogP contribution in [-0.2, 0) is 0 Å². The van der Waals surface area contributed by atoms with Crippen molar-refractivity contribution < 1.29 is 9.90 Å². The number of carbonyl (C=O) groups is 1. The highest BCUT2D eigenvalue weighted by Gasteiger charge is 2.17. The van der Waals surface area contributed by atoms with Crippen LogP contribution >= 0.6 is 15.9 Å². The van der Waals surface area contributed by atoms with Crippen molar-refractivity contribution in [1.29, 1.82) is 0 Å². The van der Waals surface area contributed by atoms with Gasteiger partial charge in [0.2, 0.25) is 0 Å². The quantitative estimate of drug-likeness (QED) is 0.871. The third-order valence-corrected chi connectivity index (χ3v) is 2.34. The molecule has 0 spiro atoms. The molecule has 88 valence electrons. The van der Waals surface area contributed by atoms with Gasteiger partial charge in [-0.05, 0) is 36.7 Å². The van der Waals surface area contributed by atoms with Gasteiger partial charge in [0.05, 0.1) is 10.1 Å². The van der Waals surface area contributed by atoms with Gasteiger partial charge >= 0.3 is 0 Å². The monoisotopic (exact) mass is 287 g/mol. The second-order valence-corrected chi connectivity index (χ2v) is 4.96. The molecular weight excluding hydrogens is 274 g/mol. The number of aromatic nitrogens is 2. The number of rotatable bonds is 3. The largest absolute Gasteiger partial charge is 0.389 e. The normalized spacial score (nSPS) is 11.3. The fourth-order valence-corrected chi connectivity index (χ4v) is 1.37. The first-order valence-corrected chi connectivity index (χ1v) is 5.58. The molecule has 1 aromatic rings. The molecule has 5 nitrogen and oxygen atoms in total. The minimum Gasteiger partial charge on any atom is -0.389 e. The standard InChI is InChI=1S/C10H14BrN3O2/c1-6-12-4-7(11)8(14-6)9(15)13-5-10(2,3)16/h4,16H,5H2,1-3H3,(H,13,15). The summed E-state index contributed by atoms with van der Waals surface area (Å²) in [5.41, 5.74) is -0.665. The summed E-state index contributed by atoms with van der Waals surface area (Å²) in [4.78, 5) is 19.7. The molecule has 0 aromatic carbocycles. The van der Waals surface area contributed by atoms with E-state index in [2.05, 4.69) is 31.2 Å². The third kappa shape index (κ3) is 3.86. The van der Waals surface area contributed by atoms with Gasteiger partial charge in [-0.15, -0.1) is 0 Å². The molecule has 1 aromatic heterocycles. The van der Waals surface area contributed by atoms with Gasteiger partial charge in [-0.2, -0.15) is 0 Å². The van der Waals surface area contributed by atoms with Gasteiger partial charge in [-0.1, -0.05) is 0 Å². The lowest BCUT2D eigenvalue weighted by molar-refractivity contribution is 0.0691. The highest BCUT2D eigenvalue weighted by atomic mass is 79.9. The summed E-state index contributed by atoms with van der Waals surface area (Å²) in [5, 5.41) is 12.1. The molecule has 0 aliphatic carbocycles. The van der Waals surface area contributed by atoms with E-state index in [1.165, 1.54) is 6.20 Å². The number of aryl methyl sites for hydroxylation is 1. The number of hydrogen-bond acceptors (Lipinski definition) is 4. The Kier molecular flexibility index (Phi) is 3.98. The second-order valence-electron chi connectivity index (χ2n) is 4.11. The molecule has 0 fully saturated rings. The van der Waals surface area contributed by atoms with Crippen molar-refractivity contribution in [3.05, 3.63) is 22.2 Å². The molecule has 0 saturated carbocycles. The van der Waals surface area contributed by atoms with Gasteiger partial charge in [-0.3, -0.25) is 4.79 Å². The Labute approximate surface area is 102 Å². The van der Waals surface area contributed by atoms with Crippen LogP contribution in [0.4, 0.5) is 0 Å². The maximum atomic E-state index is 11.7. The number of aliphatic hydroxyl groups is 1. The average molecular weight is 288 g/mol. The van der Waals surface area contributed by atoms with Crippen molar-refractivity contribution in [3.8, 4) is 0 Å². The maximum Gasteiger partial charge on any atom is 0.271 e. The summed E-state index contributed by atoms with van der Waals surface area (Å²) in [6.07, 6.45) is 1.53. The van der Waals surface area contributed by atoms with E-state index >= 15 is 0 Å². The van der Waals surface area contributed by atoms with Crippen molar-refractivity contribution >= 4 is 21.8 Å². The topological polar surface area (TPSA) is 75.1 Å². The van der Waals surface area contributed by atoms with Crippen molar-refractivity contribution in [2.24, 2.45) is 0 Å². The van der Waals surface area contributed by atoms with Crippen LogP contribution < -0.4 is 5.32 Å². The maximum absolute atomic E-state index is 11.7. The Balaban J connectivity index is 2.77. The van der Waals surface area contributed by atoms with Crippen LogP contribution in [0.25, 0.3) is 0 Å². The number of nitrogens with one attached hydrogen (secondary N) is 1. The number of halogens is 1. The molecule has 0 radical (unpaired) electrons. The molecule has 0 bridgehead atoms. The lowest BCUT2D eigenvalue weighted by Gasteiger charge is -2.17. The van der Waals surface area contributed by atoms with Gasteiger partial charge in [-0.25, -0.2) is 9.97 Å². The van der Waals surface area contributed by atoms with Crippen LogP contribution in [0.15, 0.2) is 10.7 Å². The second kappa shape index (κ2) is 4.88. The summed E-state index contributed by atoms with van der Waals surface area (Å²) in [7, 11) is 0. The Morgan fingerprint density at radius 2 is 2.25 bits per heavy atom. The number of hydrogen-bond donors (Lipinski definition) is 2. The first-order valence-electron chi connectivity index (χ1n) is 4.79. The number of nitrogens with zero attached hydrogens (tertiary/aromatic N) is 2. The minimum atomic E-state index is -0.940. The molecule has 0 aliphatic heterocycles. The van der Waals surface area contributed by atoms with Crippen LogP contribution in [0.2, 0.25) is 0 Å². The fraction of sp³-hybridized carbons (Fsp3) is 0.500. The predicted molar refractivity (Wildman–Crippen MR) is 63.1 cm³/mol. The number of carbonyl (C=O) groups excluding carboxylic acids is 1. The summed E-state index contributed by atoms with van der Waals surface area (Å²) < 4.78 is 0.534. The van der Waals surface area contributed by atoms with Crippen LogP contribution in [0.5, 0.6) is 0 Å². The summed E-state index contributed by atoms with van der Waals surface area (Å²) in [6.45, 7) is 5.11. The van der Waals surface area contributed by atoms with E-state index in [4.69, 9.17) is 0 Å². The highest BCUT2D eigenvalue weighted by Crippen LogP contribution is 2.13. The van der Waals surface area contributed by atoms with E-state index in [1.807, 2.05) is 0 Å². The van der Waals surface area contributed by atoms with Gasteiger partial charge < -0.3 is 10.4 Å². The van der Waals surface area contributed by atoms with Gasteiger partial charge in [0.25, 0.3) is 5.91 Å². The zero-order chi connectivity index (χ0) is 12.3. The molecule has 0 atom stereocenters. The van der Waals surface area contributed by atoms with Crippen LogP contribution in [0.1, 0.15) is 30.2 Å². The van der Waals surface area contributed by atoms with Crippen molar-refractivity contribution in [2.45, 2.75) is 26.4 Å². The zero-order valence-electron chi connectivity index (χ0n) is 9.41. The molecule has 2 N–H and O–H groups in total. The van der Waals surface area contributed by atoms with Crippen molar-refractivity contribution in [3.63, 3.8) is 0 Å². The molecule has 1 amide bonds. The van der Waals surface area contributed by atoms with Crippen LogP contribution in [0, 0.1) is 6.92 Å². The molecule has 6 heteroatoms. The molecular formula is C10H14BrN3O2. The molecule has 0 unspecified atom stereocenters. The molecule has 0 saturated heterocycles. The lowest BCUT2D eigenvalue weighted by Crippen LogP contribution is -2.38. The summed E-state index contributed by atoms with van der Waals surface area (Å²) in [5.74, 6) is 0.191. The first-order chi connectivity index (χ1) is 7.29. The highest BCUT2D eigenvalue weighted by molar-refractivity contribution is 9.10. The van der Waals surface area contributed by atoms with E-state index in [0.29, 0.717) is 10.3 Å². The Hall–Kier alpha value is -1.01. The van der Waals surface area contributed by atoms with Gasteiger partial charge in [0, 0.05) is 12.7 Å². The first kappa shape index (κ1) is 13.1. The van der Waals surface area contributed by atoms with Crippen LogP contribution in [-0.4, -0.2) is 33.1 Å². The SMILES string of the molecule is Cc1ncc(Br)c(C(=O)NCC(C)(C)O)n1. The lowest BCUT2D eigenvalue weighted by atomic mass is 10.1. The Morgan fingerprint density at radius 1 is 1.62 bits per heavy atom. The minimum absolute atomic E-state index is 0.168. The molecule has 0 aliphatic rings. The smallest absolute Gasteiger partial charge is 0.271 e. The van der Waals surface area contributed by atoms with Crippen molar-refractivity contribution in [2.75, 3.05) is 6.54 Å². The van der Waals surface area contributed by atoms with Gasteiger partial charge in [0.15, 0.2) is 0 Å². The molecule has 16 heavy (non-hydrogen) atoms. The third-order valence-electron chi connectivity index (χ3n) is 1.76. The van der Waals surface area contributed by atoms with Gasteiger partial charge in [0.1, 0.15) is 11.5 Å².